The van der Waals surface area contributed by atoms with E-state index in [2.05, 4.69) is 41.4 Å². The Labute approximate surface area is 89.0 Å². The number of nitrogens with zero attached hydrogens (tertiary/aromatic N) is 2. The molecular weight excluding hydrogens is 186 g/mol. The van der Waals surface area contributed by atoms with Crippen molar-refractivity contribution in [2.45, 2.75) is 13.3 Å². The Hall–Kier alpha value is -1.90. The van der Waals surface area contributed by atoms with E-state index in [1.54, 1.807) is 6.07 Å². The van der Waals surface area contributed by atoms with Gasteiger partial charge < -0.3 is 5.73 Å². The van der Waals surface area contributed by atoms with Gasteiger partial charge in [-0.2, -0.15) is 0 Å². The summed E-state index contributed by atoms with van der Waals surface area (Å²) in [7, 11) is 0. The van der Waals surface area contributed by atoms with Crippen LogP contribution in [0.1, 0.15) is 12.5 Å². The van der Waals surface area contributed by atoms with Gasteiger partial charge in [0.2, 0.25) is 0 Å². The van der Waals surface area contributed by atoms with Crippen molar-refractivity contribution in [3.8, 4) is 11.3 Å². The van der Waals surface area contributed by atoms with Crippen LogP contribution in [-0.4, -0.2) is 10.2 Å². The molecule has 0 saturated heterocycles. The molecule has 15 heavy (non-hydrogen) atoms. The molecule has 0 saturated carbocycles. The molecule has 0 aliphatic rings. The third-order valence-corrected chi connectivity index (χ3v) is 2.34. The van der Waals surface area contributed by atoms with E-state index >= 15 is 0 Å². The van der Waals surface area contributed by atoms with Crippen LogP contribution in [0.4, 0.5) is 5.82 Å². The van der Waals surface area contributed by atoms with Crippen molar-refractivity contribution in [1.29, 1.82) is 0 Å². The lowest BCUT2D eigenvalue weighted by Crippen LogP contribution is -1.93. The van der Waals surface area contributed by atoms with Gasteiger partial charge in [-0.3, -0.25) is 0 Å². The van der Waals surface area contributed by atoms with Crippen LogP contribution in [-0.2, 0) is 6.42 Å². The van der Waals surface area contributed by atoms with Gasteiger partial charge in [-0.05, 0) is 24.1 Å². The van der Waals surface area contributed by atoms with Crippen molar-refractivity contribution in [1.82, 2.24) is 10.2 Å². The van der Waals surface area contributed by atoms with Gasteiger partial charge >= 0.3 is 0 Å². The van der Waals surface area contributed by atoms with Crippen LogP contribution in [0.3, 0.4) is 0 Å². The zero-order valence-corrected chi connectivity index (χ0v) is 8.64. The number of anilines is 1. The van der Waals surface area contributed by atoms with Crippen LogP contribution in [0.25, 0.3) is 11.3 Å². The van der Waals surface area contributed by atoms with Crippen LogP contribution < -0.4 is 5.73 Å². The topological polar surface area (TPSA) is 51.8 Å². The molecule has 76 valence electrons. The van der Waals surface area contributed by atoms with Crippen molar-refractivity contribution in [3.05, 3.63) is 42.0 Å². The molecule has 2 rings (SSSR count). The Kier molecular flexibility index (Phi) is 2.63. The first kappa shape index (κ1) is 9.65. The van der Waals surface area contributed by atoms with Gasteiger partial charge in [0, 0.05) is 5.56 Å². The van der Waals surface area contributed by atoms with Crippen LogP contribution in [0, 0.1) is 0 Å². The molecule has 0 amide bonds. The lowest BCUT2D eigenvalue weighted by Gasteiger charge is -2.01. The van der Waals surface area contributed by atoms with Gasteiger partial charge in [-0.25, -0.2) is 0 Å². The fourth-order valence-electron chi connectivity index (χ4n) is 1.41. The molecule has 0 aliphatic heterocycles. The van der Waals surface area contributed by atoms with Crippen molar-refractivity contribution in [2.24, 2.45) is 0 Å². The van der Waals surface area contributed by atoms with Crippen LogP contribution in [0.5, 0.6) is 0 Å². The highest BCUT2D eigenvalue weighted by molar-refractivity contribution is 5.59. The largest absolute Gasteiger partial charge is 0.382 e. The number of hydrogen-bond acceptors (Lipinski definition) is 3. The highest BCUT2D eigenvalue weighted by atomic mass is 15.1. The Morgan fingerprint density at radius 1 is 1.00 bits per heavy atom. The molecule has 2 N–H and O–H groups in total. The lowest BCUT2D eigenvalue weighted by molar-refractivity contribution is 1.05. The fourth-order valence-corrected chi connectivity index (χ4v) is 1.41. The molecule has 0 spiro atoms. The number of nitrogens with two attached hydrogens (primary N) is 1. The minimum absolute atomic E-state index is 0.448. The summed E-state index contributed by atoms with van der Waals surface area (Å²) in [4.78, 5) is 0. The summed E-state index contributed by atoms with van der Waals surface area (Å²) in [5.74, 6) is 0.448. The number of aromatic nitrogens is 2. The standard InChI is InChI=1S/C12H13N3/c1-2-9-3-5-10(6-4-9)11-7-8-12(13)15-14-11/h3-8H,2H2,1H3,(H2,13,15). The van der Waals surface area contributed by atoms with Gasteiger partial charge in [0.25, 0.3) is 0 Å². The van der Waals surface area contributed by atoms with E-state index in [0.717, 1.165) is 17.7 Å². The third-order valence-electron chi connectivity index (χ3n) is 2.34. The molecule has 0 radical (unpaired) electrons. The summed E-state index contributed by atoms with van der Waals surface area (Å²) < 4.78 is 0. The third kappa shape index (κ3) is 2.13. The number of hydrogen-bond donors (Lipinski definition) is 1. The van der Waals surface area contributed by atoms with Gasteiger partial charge in [-0.1, -0.05) is 31.2 Å². The minimum atomic E-state index is 0.448. The van der Waals surface area contributed by atoms with Gasteiger partial charge in [-0.15, -0.1) is 10.2 Å². The van der Waals surface area contributed by atoms with E-state index in [-0.39, 0.29) is 0 Å². The van der Waals surface area contributed by atoms with Gasteiger partial charge in [0.05, 0.1) is 5.69 Å². The Morgan fingerprint density at radius 3 is 2.27 bits per heavy atom. The maximum atomic E-state index is 5.48. The van der Waals surface area contributed by atoms with E-state index in [1.807, 2.05) is 6.07 Å². The predicted octanol–water partition coefficient (Wildman–Crippen LogP) is 2.29. The van der Waals surface area contributed by atoms with Gasteiger partial charge in [0.1, 0.15) is 5.82 Å². The number of aryl methyl sites for hydroxylation is 1. The van der Waals surface area contributed by atoms with Crippen LogP contribution in [0.2, 0.25) is 0 Å². The maximum Gasteiger partial charge on any atom is 0.146 e. The number of benzene rings is 1. The molecule has 0 bridgehead atoms. The first-order valence-corrected chi connectivity index (χ1v) is 4.98. The second-order valence-electron chi connectivity index (χ2n) is 3.39. The molecule has 0 aliphatic carbocycles. The zero-order valence-electron chi connectivity index (χ0n) is 8.64. The first-order valence-electron chi connectivity index (χ1n) is 4.98. The van der Waals surface area contributed by atoms with Gasteiger partial charge in [0.15, 0.2) is 0 Å². The smallest absolute Gasteiger partial charge is 0.146 e. The molecule has 2 aromatic rings. The fraction of sp³-hybridized carbons (Fsp3) is 0.167. The highest BCUT2D eigenvalue weighted by Crippen LogP contribution is 2.17. The molecule has 1 aromatic heterocycles. The second-order valence-corrected chi connectivity index (χ2v) is 3.39. The van der Waals surface area contributed by atoms with E-state index < -0.39 is 0 Å². The maximum absolute atomic E-state index is 5.48. The second kappa shape index (κ2) is 4.09. The first-order chi connectivity index (χ1) is 7.29. The monoisotopic (exact) mass is 199 g/mol. The Bertz CT molecular complexity index is 431. The zero-order chi connectivity index (χ0) is 10.7. The van der Waals surface area contributed by atoms with Crippen molar-refractivity contribution < 1.29 is 0 Å². The van der Waals surface area contributed by atoms with Crippen LogP contribution >= 0.6 is 0 Å². The summed E-state index contributed by atoms with van der Waals surface area (Å²) in [6.45, 7) is 2.14. The molecule has 0 atom stereocenters. The number of nitrogen functional groups attached to an aromatic ring is 1. The molecule has 3 heteroatoms. The van der Waals surface area contributed by atoms with Crippen molar-refractivity contribution in [3.63, 3.8) is 0 Å². The van der Waals surface area contributed by atoms with E-state index in [9.17, 15) is 0 Å². The summed E-state index contributed by atoms with van der Waals surface area (Å²) in [6.07, 6.45) is 1.05. The number of rotatable bonds is 2. The molecule has 1 aromatic carbocycles. The molecule has 0 fully saturated rings. The highest BCUT2D eigenvalue weighted by Gasteiger charge is 1.99. The van der Waals surface area contributed by atoms with Crippen molar-refractivity contribution >= 4 is 5.82 Å². The Morgan fingerprint density at radius 2 is 1.73 bits per heavy atom. The summed E-state index contributed by atoms with van der Waals surface area (Å²) in [5.41, 5.74) is 8.72. The summed E-state index contributed by atoms with van der Waals surface area (Å²) in [6, 6.07) is 12.0. The molecular formula is C12H13N3. The molecule has 1 heterocycles. The normalized spacial score (nSPS) is 10.2. The minimum Gasteiger partial charge on any atom is -0.382 e. The predicted molar refractivity (Wildman–Crippen MR) is 61.3 cm³/mol. The average molecular weight is 199 g/mol. The Balaban J connectivity index is 2.33. The average Bonchev–Trinajstić information content (AvgIpc) is 2.30. The van der Waals surface area contributed by atoms with E-state index in [0.29, 0.717) is 5.82 Å². The quantitative estimate of drug-likeness (QED) is 0.807. The van der Waals surface area contributed by atoms with Crippen LogP contribution in [0.15, 0.2) is 36.4 Å². The van der Waals surface area contributed by atoms with E-state index in [1.165, 1.54) is 5.56 Å². The lowest BCUT2D eigenvalue weighted by atomic mass is 10.1. The summed E-state index contributed by atoms with van der Waals surface area (Å²) >= 11 is 0. The SMILES string of the molecule is CCc1ccc(-c2ccc(N)nn2)cc1. The molecule has 3 nitrogen and oxygen atoms in total. The summed E-state index contributed by atoms with van der Waals surface area (Å²) in [5, 5.41) is 7.85. The molecule has 0 unspecified atom stereocenters. The van der Waals surface area contributed by atoms with E-state index in [4.69, 9.17) is 5.73 Å². The van der Waals surface area contributed by atoms with Crippen molar-refractivity contribution in [2.75, 3.05) is 5.73 Å².